The number of benzene rings is 1. The van der Waals surface area contributed by atoms with Gasteiger partial charge in [-0.1, -0.05) is 0 Å². The summed E-state index contributed by atoms with van der Waals surface area (Å²) < 4.78 is 10.6. The molecule has 0 aliphatic carbocycles. The van der Waals surface area contributed by atoms with Gasteiger partial charge < -0.3 is 14.8 Å². The first kappa shape index (κ1) is 13.8. The zero-order valence-corrected chi connectivity index (χ0v) is 12.4. The van der Waals surface area contributed by atoms with Gasteiger partial charge >= 0.3 is 0 Å². The highest BCUT2D eigenvalue weighted by Gasteiger charge is 2.13. The van der Waals surface area contributed by atoms with Crippen LogP contribution >= 0.6 is 11.3 Å². The first-order chi connectivity index (χ1) is 9.19. The van der Waals surface area contributed by atoms with Crippen LogP contribution in [-0.2, 0) is 0 Å². The molecule has 0 fully saturated rings. The number of ether oxygens (including phenoxy) is 2. The Morgan fingerprint density at radius 1 is 1.26 bits per heavy atom. The lowest BCUT2D eigenvalue weighted by molar-refractivity contribution is 0.395. The average Bonchev–Trinajstić information content (AvgIpc) is 2.95. The first-order valence-corrected chi connectivity index (χ1v) is 6.92. The minimum Gasteiger partial charge on any atom is -0.497 e. The first-order valence-electron chi connectivity index (χ1n) is 6.04. The van der Waals surface area contributed by atoms with Crippen molar-refractivity contribution >= 4 is 11.3 Å². The van der Waals surface area contributed by atoms with E-state index >= 15 is 0 Å². The van der Waals surface area contributed by atoms with E-state index in [0.717, 1.165) is 27.8 Å². The minimum absolute atomic E-state index is 0.253. The number of hydrogen-bond donors (Lipinski definition) is 1. The van der Waals surface area contributed by atoms with Gasteiger partial charge in [0.05, 0.1) is 26.0 Å². The van der Waals surface area contributed by atoms with E-state index in [1.54, 1.807) is 25.6 Å². The van der Waals surface area contributed by atoms with Gasteiger partial charge in [0.25, 0.3) is 0 Å². The standard InChI is InChI=1S/C14H18N2O2S/c1-9(15-2)14-16-12(8-19-14)11-6-5-10(17-3)7-13(11)18-4/h5-9,15H,1-4H3. The van der Waals surface area contributed by atoms with Crippen LogP contribution in [0.25, 0.3) is 11.3 Å². The van der Waals surface area contributed by atoms with Gasteiger partial charge in [0.15, 0.2) is 0 Å². The molecule has 0 saturated heterocycles. The Morgan fingerprint density at radius 2 is 2.05 bits per heavy atom. The largest absolute Gasteiger partial charge is 0.497 e. The number of rotatable bonds is 5. The molecule has 0 aliphatic rings. The molecule has 2 rings (SSSR count). The van der Waals surface area contributed by atoms with Gasteiger partial charge in [-0.3, -0.25) is 0 Å². The molecular weight excluding hydrogens is 260 g/mol. The monoisotopic (exact) mass is 278 g/mol. The second kappa shape index (κ2) is 6.04. The van der Waals surface area contributed by atoms with E-state index in [2.05, 4.69) is 17.2 Å². The molecule has 0 radical (unpaired) electrons. The molecule has 1 aromatic carbocycles. The molecule has 1 N–H and O–H groups in total. The minimum atomic E-state index is 0.253. The van der Waals surface area contributed by atoms with Crippen molar-refractivity contribution in [2.75, 3.05) is 21.3 Å². The van der Waals surface area contributed by atoms with Gasteiger partial charge in [0.1, 0.15) is 16.5 Å². The second-order valence-corrected chi connectivity index (χ2v) is 5.04. The third-order valence-electron chi connectivity index (χ3n) is 3.01. The Kier molecular flexibility index (Phi) is 4.39. The Bertz CT molecular complexity index is 554. The van der Waals surface area contributed by atoms with Crippen LogP contribution in [0.15, 0.2) is 23.6 Å². The Labute approximate surface area is 117 Å². The van der Waals surface area contributed by atoms with Gasteiger partial charge in [0, 0.05) is 17.0 Å². The van der Waals surface area contributed by atoms with Crippen molar-refractivity contribution in [1.29, 1.82) is 0 Å². The van der Waals surface area contributed by atoms with Crippen molar-refractivity contribution in [3.05, 3.63) is 28.6 Å². The maximum atomic E-state index is 5.41. The van der Waals surface area contributed by atoms with Crippen molar-refractivity contribution in [3.8, 4) is 22.8 Å². The average molecular weight is 278 g/mol. The fraction of sp³-hybridized carbons (Fsp3) is 0.357. The van der Waals surface area contributed by atoms with Gasteiger partial charge in [-0.05, 0) is 26.1 Å². The Hall–Kier alpha value is -1.59. The summed E-state index contributed by atoms with van der Waals surface area (Å²) >= 11 is 1.65. The maximum absolute atomic E-state index is 5.41. The zero-order valence-electron chi connectivity index (χ0n) is 11.6. The fourth-order valence-electron chi connectivity index (χ4n) is 1.74. The summed E-state index contributed by atoms with van der Waals surface area (Å²) in [5, 5.41) is 6.30. The van der Waals surface area contributed by atoms with E-state index < -0.39 is 0 Å². The summed E-state index contributed by atoms with van der Waals surface area (Å²) in [5.74, 6) is 1.55. The van der Waals surface area contributed by atoms with Crippen molar-refractivity contribution in [1.82, 2.24) is 10.3 Å². The number of nitrogens with one attached hydrogen (secondary N) is 1. The van der Waals surface area contributed by atoms with Crippen LogP contribution in [0.5, 0.6) is 11.5 Å². The highest BCUT2D eigenvalue weighted by atomic mass is 32.1. The molecule has 1 unspecified atom stereocenters. The van der Waals surface area contributed by atoms with E-state index in [-0.39, 0.29) is 6.04 Å². The van der Waals surface area contributed by atoms with Crippen LogP contribution in [0.1, 0.15) is 18.0 Å². The van der Waals surface area contributed by atoms with Crippen molar-refractivity contribution < 1.29 is 9.47 Å². The molecule has 0 saturated carbocycles. The number of hydrogen-bond acceptors (Lipinski definition) is 5. The van der Waals surface area contributed by atoms with Crippen molar-refractivity contribution in [2.45, 2.75) is 13.0 Å². The smallest absolute Gasteiger partial charge is 0.131 e. The molecular formula is C14H18N2O2S. The lowest BCUT2D eigenvalue weighted by Gasteiger charge is -2.09. The summed E-state index contributed by atoms with van der Waals surface area (Å²) in [5.41, 5.74) is 1.91. The van der Waals surface area contributed by atoms with E-state index in [0.29, 0.717) is 0 Å². The van der Waals surface area contributed by atoms with Gasteiger partial charge in [-0.25, -0.2) is 4.98 Å². The number of thiazole rings is 1. The molecule has 0 spiro atoms. The molecule has 1 heterocycles. The lowest BCUT2D eigenvalue weighted by Crippen LogP contribution is -2.11. The zero-order chi connectivity index (χ0) is 13.8. The van der Waals surface area contributed by atoms with Crippen LogP contribution in [-0.4, -0.2) is 26.3 Å². The van der Waals surface area contributed by atoms with Crippen LogP contribution in [0.2, 0.25) is 0 Å². The summed E-state index contributed by atoms with van der Waals surface area (Å²) in [6.45, 7) is 2.09. The van der Waals surface area contributed by atoms with Crippen molar-refractivity contribution in [3.63, 3.8) is 0 Å². The Morgan fingerprint density at radius 3 is 2.68 bits per heavy atom. The molecule has 0 amide bonds. The lowest BCUT2D eigenvalue weighted by atomic mass is 10.1. The van der Waals surface area contributed by atoms with E-state index in [1.165, 1.54) is 0 Å². The molecule has 19 heavy (non-hydrogen) atoms. The van der Waals surface area contributed by atoms with Gasteiger partial charge in [-0.2, -0.15) is 0 Å². The highest BCUT2D eigenvalue weighted by Crippen LogP contribution is 2.34. The molecule has 0 aliphatic heterocycles. The number of methoxy groups -OCH3 is 2. The maximum Gasteiger partial charge on any atom is 0.131 e. The van der Waals surface area contributed by atoms with E-state index in [1.807, 2.05) is 30.6 Å². The highest BCUT2D eigenvalue weighted by molar-refractivity contribution is 7.10. The summed E-state index contributed by atoms with van der Waals surface area (Å²) in [6.07, 6.45) is 0. The number of nitrogens with zero attached hydrogens (tertiary/aromatic N) is 1. The Balaban J connectivity index is 2.38. The molecule has 0 bridgehead atoms. The quantitative estimate of drug-likeness (QED) is 0.912. The molecule has 4 nitrogen and oxygen atoms in total. The topological polar surface area (TPSA) is 43.4 Å². The molecule has 1 aromatic heterocycles. The third-order valence-corrected chi connectivity index (χ3v) is 4.04. The third kappa shape index (κ3) is 2.88. The van der Waals surface area contributed by atoms with Crippen LogP contribution in [0.3, 0.4) is 0 Å². The predicted molar refractivity (Wildman–Crippen MR) is 78.1 cm³/mol. The molecule has 1 atom stereocenters. The molecule has 5 heteroatoms. The van der Waals surface area contributed by atoms with E-state index in [4.69, 9.17) is 9.47 Å². The second-order valence-electron chi connectivity index (χ2n) is 4.15. The van der Waals surface area contributed by atoms with Crippen LogP contribution < -0.4 is 14.8 Å². The SMILES string of the molecule is CNC(C)c1nc(-c2ccc(OC)cc2OC)cs1. The van der Waals surface area contributed by atoms with Gasteiger partial charge in [0.2, 0.25) is 0 Å². The predicted octanol–water partition coefficient (Wildman–Crippen LogP) is 3.11. The van der Waals surface area contributed by atoms with Crippen LogP contribution in [0, 0.1) is 0 Å². The molecule has 102 valence electrons. The number of aromatic nitrogens is 1. The molecule has 2 aromatic rings. The summed E-state index contributed by atoms with van der Waals surface area (Å²) in [7, 11) is 5.23. The fourth-order valence-corrected chi connectivity index (χ4v) is 2.63. The van der Waals surface area contributed by atoms with E-state index in [9.17, 15) is 0 Å². The van der Waals surface area contributed by atoms with Gasteiger partial charge in [-0.15, -0.1) is 11.3 Å². The van der Waals surface area contributed by atoms with Crippen molar-refractivity contribution in [2.24, 2.45) is 0 Å². The summed E-state index contributed by atoms with van der Waals surface area (Å²) in [6, 6.07) is 6.01. The summed E-state index contributed by atoms with van der Waals surface area (Å²) in [4.78, 5) is 4.65. The normalized spacial score (nSPS) is 12.2. The van der Waals surface area contributed by atoms with Crippen LogP contribution in [0.4, 0.5) is 0 Å².